The van der Waals surface area contributed by atoms with E-state index < -0.39 is 0 Å². The Morgan fingerprint density at radius 1 is 1.25 bits per heavy atom. The van der Waals surface area contributed by atoms with Crippen LogP contribution in [0.2, 0.25) is 0 Å². The van der Waals surface area contributed by atoms with Gasteiger partial charge in [-0.3, -0.25) is 0 Å². The average molecular weight is 392 g/mol. The first-order valence-electron chi connectivity index (χ1n) is 6.71. The van der Waals surface area contributed by atoms with Crippen LogP contribution in [0.15, 0.2) is 24.3 Å². The van der Waals surface area contributed by atoms with Crippen LogP contribution in [0.4, 0.5) is 0 Å². The summed E-state index contributed by atoms with van der Waals surface area (Å²) in [6, 6.07) is 7.90. The maximum Gasteiger partial charge on any atom is 0.118 e. The molecular formula is C15H21IO4. The fraction of sp³-hybridized carbons (Fsp3) is 0.600. The highest BCUT2D eigenvalue weighted by atomic mass is 127. The molecule has 2 rings (SSSR count). The van der Waals surface area contributed by atoms with Crippen LogP contribution >= 0.6 is 22.6 Å². The van der Waals surface area contributed by atoms with Gasteiger partial charge in [-0.25, -0.2) is 0 Å². The summed E-state index contributed by atoms with van der Waals surface area (Å²) in [5, 5.41) is 0. The van der Waals surface area contributed by atoms with Crippen molar-refractivity contribution < 1.29 is 18.9 Å². The molecule has 112 valence electrons. The summed E-state index contributed by atoms with van der Waals surface area (Å²) >= 11 is 2.35. The molecule has 0 N–H and O–H groups in total. The minimum absolute atomic E-state index is 0.0398. The van der Waals surface area contributed by atoms with Crippen molar-refractivity contribution >= 4 is 22.6 Å². The van der Waals surface area contributed by atoms with Crippen LogP contribution in [0.1, 0.15) is 12.0 Å². The summed E-state index contributed by atoms with van der Waals surface area (Å²) in [4.78, 5) is 0. The van der Waals surface area contributed by atoms with Gasteiger partial charge in [0.15, 0.2) is 0 Å². The van der Waals surface area contributed by atoms with Crippen LogP contribution in [0.5, 0.6) is 5.75 Å². The summed E-state index contributed by atoms with van der Waals surface area (Å²) in [6.45, 7) is 1.15. The van der Waals surface area contributed by atoms with Gasteiger partial charge in [0.25, 0.3) is 0 Å². The molecule has 1 saturated heterocycles. The average Bonchev–Trinajstić information content (AvgIpc) is 2.90. The van der Waals surface area contributed by atoms with Crippen molar-refractivity contribution in [3.8, 4) is 5.75 Å². The van der Waals surface area contributed by atoms with Crippen molar-refractivity contribution in [3.05, 3.63) is 29.8 Å². The van der Waals surface area contributed by atoms with Crippen LogP contribution in [0.25, 0.3) is 0 Å². The summed E-state index contributed by atoms with van der Waals surface area (Å²) in [7, 11) is 3.40. The number of halogens is 1. The van der Waals surface area contributed by atoms with E-state index >= 15 is 0 Å². The second-order valence-corrected chi connectivity index (χ2v) is 5.70. The van der Waals surface area contributed by atoms with E-state index in [1.54, 1.807) is 14.2 Å². The molecule has 1 heterocycles. The monoisotopic (exact) mass is 392 g/mol. The SMILES string of the molecule is COc1ccc(COC[C@H]2OC(CI)C[C@H]2OC)cc1. The van der Waals surface area contributed by atoms with E-state index in [0.29, 0.717) is 13.2 Å². The first-order chi connectivity index (χ1) is 9.76. The molecule has 0 aliphatic carbocycles. The maximum atomic E-state index is 5.91. The van der Waals surface area contributed by atoms with E-state index in [2.05, 4.69) is 22.6 Å². The van der Waals surface area contributed by atoms with Crippen molar-refractivity contribution in [1.82, 2.24) is 0 Å². The van der Waals surface area contributed by atoms with Gasteiger partial charge in [0.05, 0.1) is 32.5 Å². The van der Waals surface area contributed by atoms with Gasteiger partial charge in [0, 0.05) is 18.0 Å². The Bertz CT molecular complexity index is 395. The van der Waals surface area contributed by atoms with Gasteiger partial charge in [0.1, 0.15) is 11.9 Å². The normalized spacial score (nSPS) is 25.9. The highest BCUT2D eigenvalue weighted by molar-refractivity contribution is 14.1. The zero-order chi connectivity index (χ0) is 14.4. The molecule has 0 aromatic heterocycles. The summed E-state index contributed by atoms with van der Waals surface area (Å²) in [5.74, 6) is 0.859. The predicted molar refractivity (Wildman–Crippen MR) is 85.6 cm³/mol. The molecule has 1 aliphatic heterocycles. The number of rotatable bonds is 7. The minimum Gasteiger partial charge on any atom is -0.497 e. The lowest BCUT2D eigenvalue weighted by molar-refractivity contribution is -0.0533. The lowest BCUT2D eigenvalue weighted by Crippen LogP contribution is -2.28. The fourth-order valence-electron chi connectivity index (χ4n) is 2.31. The van der Waals surface area contributed by atoms with E-state index in [1.165, 1.54) is 0 Å². The van der Waals surface area contributed by atoms with Gasteiger partial charge in [-0.2, -0.15) is 0 Å². The van der Waals surface area contributed by atoms with Crippen molar-refractivity contribution in [2.24, 2.45) is 0 Å². The Morgan fingerprint density at radius 3 is 2.60 bits per heavy atom. The smallest absolute Gasteiger partial charge is 0.118 e. The maximum absolute atomic E-state index is 5.91. The Labute approximate surface area is 133 Å². The zero-order valence-electron chi connectivity index (χ0n) is 11.9. The molecule has 0 bridgehead atoms. The van der Waals surface area contributed by atoms with Crippen molar-refractivity contribution in [1.29, 1.82) is 0 Å². The summed E-state index contributed by atoms with van der Waals surface area (Å²) in [5.41, 5.74) is 1.13. The molecule has 1 fully saturated rings. The highest BCUT2D eigenvalue weighted by Gasteiger charge is 2.34. The number of ether oxygens (including phenoxy) is 4. The number of benzene rings is 1. The van der Waals surface area contributed by atoms with E-state index in [9.17, 15) is 0 Å². The van der Waals surface area contributed by atoms with E-state index in [1.807, 2.05) is 24.3 Å². The fourth-order valence-corrected chi connectivity index (χ4v) is 2.88. The predicted octanol–water partition coefficient (Wildman–Crippen LogP) is 2.82. The van der Waals surface area contributed by atoms with Crippen LogP contribution in [-0.4, -0.2) is 43.6 Å². The topological polar surface area (TPSA) is 36.9 Å². The second kappa shape index (κ2) is 8.17. The lowest BCUT2D eigenvalue weighted by Gasteiger charge is -2.17. The molecule has 1 unspecified atom stereocenters. The van der Waals surface area contributed by atoms with Gasteiger partial charge in [-0.15, -0.1) is 0 Å². The summed E-state index contributed by atoms with van der Waals surface area (Å²) < 4.78 is 23.3. The van der Waals surface area contributed by atoms with Crippen molar-refractivity contribution in [2.45, 2.75) is 31.3 Å². The third-order valence-corrected chi connectivity index (χ3v) is 4.44. The van der Waals surface area contributed by atoms with E-state index in [0.717, 1.165) is 22.2 Å². The molecule has 5 heteroatoms. The van der Waals surface area contributed by atoms with E-state index in [4.69, 9.17) is 18.9 Å². The molecule has 20 heavy (non-hydrogen) atoms. The lowest BCUT2D eigenvalue weighted by atomic mass is 10.1. The molecule has 0 saturated carbocycles. The Kier molecular flexibility index (Phi) is 6.54. The minimum atomic E-state index is 0.0398. The summed E-state index contributed by atoms with van der Waals surface area (Å²) in [6.07, 6.45) is 1.43. The van der Waals surface area contributed by atoms with Gasteiger partial charge in [0.2, 0.25) is 0 Å². The standard InChI is InChI=1S/C15H21IO4/c1-17-12-5-3-11(4-6-12)9-19-10-15-14(18-2)7-13(8-16)20-15/h3-6,13-15H,7-10H2,1-2H3/t13?,14-,15-/m1/s1. The molecule has 3 atom stereocenters. The van der Waals surface area contributed by atoms with Crippen molar-refractivity contribution in [3.63, 3.8) is 0 Å². The molecule has 1 aliphatic rings. The number of hydrogen-bond acceptors (Lipinski definition) is 4. The van der Waals surface area contributed by atoms with Crippen LogP contribution in [0.3, 0.4) is 0 Å². The van der Waals surface area contributed by atoms with Crippen molar-refractivity contribution in [2.75, 3.05) is 25.3 Å². The molecule has 1 aromatic carbocycles. The number of methoxy groups -OCH3 is 2. The quantitative estimate of drug-likeness (QED) is 0.528. The first kappa shape index (κ1) is 16.0. The molecule has 4 nitrogen and oxygen atoms in total. The van der Waals surface area contributed by atoms with Gasteiger partial charge in [-0.05, 0) is 17.7 Å². The molecule has 0 spiro atoms. The Morgan fingerprint density at radius 2 is 2.00 bits per heavy atom. The Balaban J connectivity index is 1.77. The molecule has 1 aromatic rings. The first-order valence-corrected chi connectivity index (χ1v) is 8.24. The van der Waals surface area contributed by atoms with Gasteiger partial charge >= 0.3 is 0 Å². The highest BCUT2D eigenvalue weighted by Crippen LogP contribution is 2.24. The van der Waals surface area contributed by atoms with Gasteiger partial charge < -0.3 is 18.9 Å². The van der Waals surface area contributed by atoms with Crippen LogP contribution < -0.4 is 4.74 Å². The Hall–Kier alpha value is -0.370. The van der Waals surface area contributed by atoms with E-state index in [-0.39, 0.29) is 18.3 Å². The molecule has 0 amide bonds. The third-order valence-electron chi connectivity index (χ3n) is 3.46. The number of hydrogen-bond donors (Lipinski definition) is 0. The molecule has 0 radical (unpaired) electrons. The third kappa shape index (κ3) is 4.31. The van der Waals surface area contributed by atoms with Crippen LogP contribution in [0, 0.1) is 0 Å². The zero-order valence-corrected chi connectivity index (χ0v) is 14.0. The number of alkyl halides is 1. The molecular weight excluding hydrogens is 371 g/mol. The largest absolute Gasteiger partial charge is 0.497 e. The van der Waals surface area contributed by atoms with Gasteiger partial charge in [-0.1, -0.05) is 34.7 Å². The van der Waals surface area contributed by atoms with Crippen LogP contribution in [-0.2, 0) is 20.8 Å². The second-order valence-electron chi connectivity index (χ2n) is 4.82.